The molecule has 3 aromatic rings. The third-order valence-corrected chi connectivity index (χ3v) is 7.44. The van der Waals surface area contributed by atoms with Gasteiger partial charge in [0.25, 0.3) is 0 Å². The van der Waals surface area contributed by atoms with E-state index >= 15 is 0 Å². The van der Waals surface area contributed by atoms with Gasteiger partial charge >= 0.3 is 0 Å². The van der Waals surface area contributed by atoms with Gasteiger partial charge in [-0.05, 0) is 31.2 Å². The van der Waals surface area contributed by atoms with Crippen LogP contribution in [0.3, 0.4) is 0 Å². The number of methoxy groups -OCH3 is 1. The molecule has 0 unspecified atom stereocenters. The summed E-state index contributed by atoms with van der Waals surface area (Å²) in [6.45, 7) is 0.880. The van der Waals surface area contributed by atoms with E-state index in [1.807, 2.05) is 0 Å². The van der Waals surface area contributed by atoms with Crippen LogP contribution in [-0.4, -0.2) is 116 Å². The molecule has 3 heterocycles. The first-order valence-corrected chi connectivity index (χ1v) is 13.3. The Morgan fingerprint density at radius 1 is 0.814 bits per heavy atom. The Labute approximate surface area is 243 Å². The van der Waals surface area contributed by atoms with Crippen LogP contribution in [0.1, 0.15) is 6.92 Å². The third-order valence-electron chi connectivity index (χ3n) is 7.44. The van der Waals surface area contributed by atoms with Crippen LogP contribution in [-0.2, 0) is 14.2 Å². The van der Waals surface area contributed by atoms with Crippen molar-refractivity contribution in [3.63, 3.8) is 0 Å². The Hall–Kier alpha value is -3.51. The summed E-state index contributed by atoms with van der Waals surface area (Å²) in [4.78, 5) is 13.0. The van der Waals surface area contributed by atoms with Gasteiger partial charge in [-0.25, -0.2) is 0 Å². The maximum atomic E-state index is 13.0. The maximum Gasteiger partial charge on any atom is 0.229 e. The van der Waals surface area contributed by atoms with Crippen molar-refractivity contribution in [3.05, 3.63) is 46.6 Å². The smallest absolute Gasteiger partial charge is 0.229 e. The van der Waals surface area contributed by atoms with Gasteiger partial charge in [-0.3, -0.25) is 4.79 Å². The summed E-state index contributed by atoms with van der Waals surface area (Å²) in [6, 6.07) is 8.75. The number of ether oxygens (including phenoxy) is 5. The second-order valence-electron chi connectivity index (χ2n) is 10.3. The summed E-state index contributed by atoms with van der Waals surface area (Å²) >= 11 is 0. The number of aliphatic hydroxyl groups excluding tert-OH is 6. The van der Waals surface area contributed by atoms with Crippen LogP contribution >= 0.6 is 0 Å². The van der Waals surface area contributed by atoms with Gasteiger partial charge in [-0.1, -0.05) is 0 Å². The zero-order valence-corrected chi connectivity index (χ0v) is 22.9. The molecular formula is C28H32O15. The Balaban J connectivity index is 1.37. The van der Waals surface area contributed by atoms with Crippen LogP contribution in [0, 0.1) is 0 Å². The molecular weight excluding hydrogens is 576 g/mol. The fourth-order valence-electron chi connectivity index (χ4n) is 4.89. The van der Waals surface area contributed by atoms with E-state index in [4.69, 9.17) is 28.1 Å². The second-order valence-corrected chi connectivity index (χ2v) is 10.3. The highest BCUT2D eigenvalue weighted by Gasteiger charge is 2.47. The van der Waals surface area contributed by atoms with E-state index in [1.165, 1.54) is 14.0 Å². The highest BCUT2D eigenvalue weighted by Crippen LogP contribution is 2.43. The van der Waals surface area contributed by atoms with Gasteiger partial charge < -0.3 is 69.0 Å². The quantitative estimate of drug-likeness (QED) is 0.159. The van der Waals surface area contributed by atoms with E-state index in [2.05, 4.69) is 0 Å². The normalized spacial score (nSPS) is 32.9. The van der Waals surface area contributed by atoms with Crippen molar-refractivity contribution in [1.82, 2.24) is 0 Å². The van der Waals surface area contributed by atoms with Crippen LogP contribution in [0.4, 0.5) is 0 Å². The van der Waals surface area contributed by atoms with Gasteiger partial charge in [0.15, 0.2) is 23.2 Å². The maximum absolute atomic E-state index is 13.0. The summed E-state index contributed by atoms with van der Waals surface area (Å²) in [5.41, 5.74) is -0.348. The first-order chi connectivity index (χ1) is 20.4. The van der Waals surface area contributed by atoms with Gasteiger partial charge in [0, 0.05) is 17.7 Å². The number of hydrogen-bond donors (Lipinski definition) is 8. The molecule has 5 rings (SSSR count). The molecule has 0 aliphatic carbocycles. The van der Waals surface area contributed by atoms with Crippen LogP contribution in [0.5, 0.6) is 23.0 Å². The topological polar surface area (TPSA) is 238 Å². The SMILES string of the molecule is COc1ccc(-c2cc(=O)c3c(O)c(O[C@@H]4O[C@H](CO[C@@H]5O[C@@H](C)[C@H](O)[C@@H](O)[C@H]5O)[C@@H](O)[C@H](O)[C@H]4O)c(O)cc3o2)cc1. The summed E-state index contributed by atoms with van der Waals surface area (Å²) in [5, 5.41) is 82.6. The van der Waals surface area contributed by atoms with Crippen molar-refractivity contribution in [2.75, 3.05) is 13.7 Å². The molecule has 15 heteroatoms. The van der Waals surface area contributed by atoms with Crippen LogP contribution in [0.2, 0.25) is 0 Å². The lowest BCUT2D eigenvalue weighted by atomic mass is 9.98. The standard InChI is InChI=1S/C28H32O15/c1-10-19(31)22(34)24(36)27(40-10)39-9-17-20(32)23(35)25(37)28(42-17)43-26-14(30)8-16-18(21(26)33)13(29)7-15(41-16)11-3-5-12(38-2)6-4-11/h3-8,10,17,19-20,22-25,27-28,30-37H,9H2,1-2H3/t10-,17+,19-,20+,22+,23-,24+,25+,27+,28-/m0/s1. The van der Waals surface area contributed by atoms with E-state index in [9.17, 15) is 45.6 Å². The molecule has 8 N–H and O–H groups in total. The first kappa shape index (κ1) is 30.9. The summed E-state index contributed by atoms with van der Waals surface area (Å²) in [5.74, 6) is -1.50. The minimum Gasteiger partial charge on any atom is -0.504 e. The molecule has 1 aromatic heterocycles. The fraction of sp³-hybridized carbons (Fsp3) is 0.464. The van der Waals surface area contributed by atoms with Crippen molar-refractivity contribution in [1.29, 1.82) is 0 Å². The minimum absolute atomic E-state index is 0.141. The van der Waals surface area contributed by atoms with Crippen molar-refractivity contribution in [2.45, 2.75) is 68.3 Å². The molecule has 2 fully saturated rings. The minimum atomic E-state index is -1.90. The number of aromatic hydroxyl groups is 2. The number of phenolic OH excluding ortho intramolecular Hbond substituents is 2. The first-order valence-electron chi connectivity index (χ1n) is 13.3. The molecule has 0 radical (unpaired) electrons. The number of aliphatic hydroxyl groups is 6. The Bertz CT molecular complexity index is 1490. The van der Waals surface area contributed by atoms with Crippen LogP contribution in [0.25, 0.3) is 22.3 Å². The predicted octanol–water partition coefficient (Wildman–Crippen LogP) is -1.09. The van der Waals surface area contributed by atoms with E-state index in [0.29, 0.717) is 11.3 Å². The fourth-order valence-corrected chi connectivity index (χ4v) is 4.89. The third kappa shape index (κ3) is 5.86. The summed E-state index contributed by atoms with van der Waals surface area (Å²) < 4.78 is 32.7. The van der Waals surface area contributed by atoms with E-state index in [1.54, 1.807) is 24.3 Å². The molecule has 2 saturated heterocycles. The average Bonchev–Trinajstić information content (AvgIpc) is 2.99. The van der Waals surface area contributed by atoms with Crippen molar-refractivity contribution >= 4 is 11.0 Å². The average molecular weight is 609 g/mol. The lowest BCUT2D eigenvalue weighted by Gasteiger charge is -2.42. The Morgan fingerprint density at radius 2 is 1.47 bits per heavy atom. The molecule has 2 aromatic carbocycles. The molecule has 0 bridgehead atoms. The molecule has 234 valence electrons. The van der Waals surface area contributed by atoms with Crippen LogP contribution in [0.15, 0.2) is 45.6 Å². The van der Waals surface area contributed by atoms with Gasteiger partial charge in [0.05, 0.1) is 19.8 Å². The monoisotopic (exact) mass is 608 g/mol. The molecule has 10 atom stereocenters. The second kappa shape index (κ2) is 12.2. The van der Waals surface area contributed by atoms with Gasteiger partial charge in [-0.2, -0.15) is 0 Å². The number of phenols is 2. The molecule has 15 nitrogen and oxygen atoms in total. The number of fused-ring (bicyclic) bond motifs is 1. The summed E-state index contributed by atoms with van der Waals surface area (Å²) in [7, 11) is 1.50. The molecule has 2 aliphatic rings. The summed E-state index contributed by atoms with van der Waals surface area (Å²) in [6.07, 6.45) is -15.7. The lowest BCUT2D eigenvalue weighted by molar-refractivity contribution is -0.318. The van der Waals surface area contributed by atoms with E-state index in [0.717, 1.165) is 12.1 Å². The molecule has 43 heavy (non-hydrogen) atoms. The highest BCUT2D eigenvalue weighted by molar-refractivity contribution is 5.89. The zero-order valence-electron chi connectivity index (χ0n) is 22.9. The van der Waals surface area contributed by atoms with Crippen molar-refractivity contribution < 1.29 is 69.0 Å². The van der Waals surface area contributed by atoms with Gasteiger partial charge in [0.2, 0.25) is 12.0 Å². The molecule has 0 amide bonds. The Kier molecular flexibility index (Phi) is 8.80. The lowest BCUT2D eigenvalue weighted by Crippen LogP contribution is -2.61. The predicted molar refractivity (Wildman–Crippen MR) is 143 cm³/mol. The molecule has 2 aliphatic heterocycles. The van der Waals surface area contributed by atoms with Gasteiger partial charge in [-0.15, -0.1) is 0 Å². The zero-order chi connectivity index (χ0) is 31.2. The van der Waals surface area contributed by atoms with E-state index < -0.39 is 90.7 Å². The Morgan fingerprint density at radius 3 is 2.14 bits per heavy atom. The number of rotatable bonds is 7. The highest BCUT2D eigenvalue weighted by atomic mass is 16.7. The van der Waals surface area contributed by atoms with Crippen molar-refractivity contribution in [2.24, 2.45) is 0 Å². The molecule has 0 saturated carbocycles. The van der Waals surface area contributed by atoms with Crippen molar-refractivity contribution in [3.8, 4) is 34.3 Å². The van der Waals surface area contributed by atoms with E-state index in [-0.39, 0.29) is 16.7 Å². The largest absolute Gasteiger partial charge is 0.504 e. The number of hydrogen-bond acceptors (Lipinski definition) is 15. The van der Waals surface area contributed by atoms with Gasteiger partial charge in [0.1, 0.15) is 65.2 Å². The van der Waals surface area contributed by atoms with Crippen LogP contribution < -0.4 is 14.9 Å². The molecule has 0 spiro atoms. The number of benzene rings is 2.